The average Bonchev–Trinajstić information content (AvgIpc) is 2.78. The molecule has 0 aliphatic rings. The number of nitrogens with one attached hydrogen (secondary N) is 2. The molecule has 2 N–H and O–H groups in total. The number of para-hydroxylation sites is 2. The van der Waals surface area contributed by atoms with Gasteiger partial charge in [0.2, 0.25) is 5.91 Å². The van der Waals surface area contributed by atoms with E-state index in [1.807, 2.05) is 55.5 Å². The summed E-state index contributed by atoms with van der Waals surface area (Å²) in [4.78, 5) is 12.4. The lowest BCUT2D eigenvalue weighted by Gasteiger charge is -2.13. The minimum Gasteiger partial charge on any atom is -0.494 e. The van der Waals surface area contributed by atoms with Crippen molar-refractivity contribution in [2.24, 2.45) is 0 Å². The molecule has 2 aromatic rings. The highest BCUT2D eigenvalue weighted by Gasteiger charge is 2.07. The van der Waals surface area contributed by atoms with Crippen LogP contribution in [0.15, 0.2) is 48.5 Å². The number of hydrogen-bond acceptors (Lipinski definition) is 5. The van der Waals surface area contributed by atoms with E-state index in [-0.39, 0.29) is 12.5 Å². The average molecular weight is 429 g/mol. The topological polar surface area (TPSA) is 68.8 Å². The monoisotopic (exact) mass is 428 g/mol. The van der Waals surface area contributed by atoms with Gasteiger partial charge in [-0.3, -0.25) is 4.79 Å². The minimum atomic E-state index is -0.138. The van der Waals surface area contributed by atoms with Gasteiger partial charge in [0.15, 0.2) is 0 Å². The van der Waals surface area contributed by atoms with Gasteiger partial charge in [0.1, 0.15) is 18.1 Å². The molecule has 0 aromatic heterocycles. The van der Waals surface area contributed by atoms with Crippen molar-refractivity contribution in [3.05, 3.63) is 48.5 Å². The summed E-state index contributed by atoms with van der Waals surface area (Å²) in [6, 6.07) is 15.1. The van der Waals surface area contributed by atoms with Gasteiger partial charge in [0, 0.05) is 18.4 Å². The zero-order valence-electron chi connectivity index (χ0n) is 18.8. The highest BCUT2D eigenvalue weighted by atomic mass is 16.5. The Kier molecular flexibility index (Phi) is 12.0. The fraction of sp³-hybridized carbons (Fsp3) is 0.480. The molecule has 0 fully saturated rings. The molecule has 0 saturated heterocycles. The second-order valence-electron chi connectivity index (χ2n) is 7.23. The zero-order valence-corrected chi connectivity index (χ0v) is 18.8. The molecule has 0 atom stereocenters. The molecule has 0 aliphatic heterocycles. The predicted octanol–water partition coefficient (Wildman–Crippen LogP) is 5.50. The summed E-state index contributed by atoms with van der Waals surface area (Å²) in [7, 11) is 0. The van der Waals surface area contributed by atoms with Gasteiger partial charge in [-0.25, -0.2) is 0 Å². The quantitative estimate of drug-likeness (QED) is 0.346. The van der Waals surface area contributed by atoms with Crippen molar-refractivity contribution in [1.29, 1.82) is 0 Å². The van der Waals surface area contributed by atoms with Gasteiger partial charge in [0.25, 0.3) is 0 Å². The van der Waals surface area contributed by atoms with Crippen molar-refractivity contribution in [3.8, 4) is 11.5 Å². The van der Waals surface area contributed by atoms with Gasteiger partial charge in [-0.05, 0) is 37.6 Å². The molecule has 6 nitrogen and oxygen atoms in total. The van der Waals surface area contributed by atoms with Gasteiger partial charge in [-0.15, -0.1) is 0 Å². The Morgan fingerprint density at radius 3 is 2.55 bits per heavy atom. The number of anilines is 2. The summed E-state index contributed by atoms with van der Waals surface area (Å²) in [6.07, 6.45) is 6.01. The largest absolute Gasteiger partial charge is 0.494 e. The first-order valence-corrected chi connectivity index (χ1v) is 11.3. The third-order valence-corrected chi connectivity index (χ3v) is 4.65. The molecule has 0 heterocycles. The van der Waals surface area contributed by atoms with Crippen LogP contribution < -0.4 is 20.1 Å². The Balaban J connectivity index is 1.76. The Labute approximate surface area is 186 Å². The summed E-state index contributed by atoms with van der Waals surface area (Å²) in [5, 5.41) is 6.05. The number of rotatable bonds is 16. The highest BCUT2D eigenvalue weighted by molar-refractivity contribution is 5.94. The van der Waals surface area contributed by atoms with E-state index in [0.29, 0.717) is 32.2 Å². The van der Waals surface area contributed by atoms with Crippen LogP contribution in [0.4, 0.5) is 11.4 Å². The summed E-state index contributed by atoms with van der Waals surface area (Å²) in [5.41, 5.74) is 1.49. The first-order valence-electron chi connectivity index (χ1n) is 11.3. The lowest BCUT2D eigenvalue weighted by molar-refractivity contribution is -0.114. The summed E-state index contributed by atoms with van der Waals surface area (Å²) in [6.45, 7) is 6.64. The number of ether oxygens (including phenoxy) is 3. The van der Waals surface area contributed by atoms with Crippen LogP contribution in [-0.4, -0.2) is 38.9 Å². The molecule has 170 valence electrons. The first-order chi connectivity index (χ1) is 15.2. The standard InChI is InChI=1S/C25H36N2O4/c1-3-5-6-7-10-16-30-22-13-11-12-21(19-22)27-25(28)20-26-23-14-8-9-15-24(23)31-18-17-29-4-2/h8-9,11-15,19,26H,3-7,10,16-18,20H2,1-2H3,(H,27,28). The number of carbonyl (C=O) groups is 1. The van der Waals surface area contributed by atoms with Crippen LogP contribution in [0.25, 0.3) is 0 Å². The molecule has 2 aromatic carbocycles. The van der Waals surface area contributed by atoms with Crippen LogP contribution in [0.5, 0.6) is 11.5 Å². The van der Waals surface area contributed by atoms with Crippen molar-refractivity contribution in [2.45, 2.75) is 46.0 Å². The van der Waals surface area contributed by atoms with E-state index in [1.165, 1.54) is 25.7 Å². The van der Waals surface area contributed by atoms with Crippen LogP contribution in [0, 0.1) is 0 Å². The molecule has 0 unspecified atom stereocenters. The van der Waals surface area contributed by atoms with Crippen LogP contribution in [0.1, 0.15) is 46.0 Å². The summed E-state index contributed by atoms with van der Waals surface area (Å²) in [5.74, 6) is 1.33. The molecule has 0 saturated carbocycles. The SMILES string of the molecule is CCCCCCCOc1cccc(NC(=O)CNc2ccccc2OCCOCC)c1. The van der Waals surface area contributed by atoms with Crippen molar-refractivity contribution in [3.63, 3.8) is 0 Å². The fourth-order valence-electron chi connectivity index (χ4n) is 3.03. The molecule has 1 amide bonds. The Hall–Kier alpha value is -2.73. The second kappa shape index (κ2) is 15.1. The van der Waals surface area contributed by atoms with E-state index in [4.69, 9.17) is 14.2 Å². The Morgan fingerprint density at radius 1 is 0.871 bits per heavy atom. The molecule has 2 rings (SSSR count). The van der Waals surface area contributed by atoms with Crippen LogP contribution in [0.3, 0.4) is 0 Å². The third kappa shape index (κ3) is 10.2. The molecule has 31 heavy (non-hydrogen) atoms. The zero-order chi connectivity index (χ0) is 22.2. The van der Waals surface area contributed by atoms with Gasteiger partial charge in [0.05, 0.1) is 25.4 Å². The number of hydrogen-bond donors (Lipinski definition) is 2. The number of carbonyl (C=O) groups excluding carboxylic acids is 1. The van der Waals surface area contributed by atoms with Crippen molar-refractivity contribution >= 4 is 17.3 Å². The van der Waals surface area contributed by atoms with Crippen LogP contribution >= 0.6 is 0 Å². The fourth-order valence-corrected chi connectivity index (χ4v) is 3.03. The van der Waals surface area contributed by atoms with Crippen LogP contribution in [0.2, 0.25) is 0 Å². The normalized spacial score (nSPS) is 10.5. The molecule has 0 bridgehead atoms. The van der Waals surface area contributed by atoms with Crippen LogP contribution in [-0.2, 0) is 9.53 Å². The molecule has 0 radical (unpaired) electrons. The van der Waals surface area contributed by atoms with Gasteiger partial charge in [-0.2, -0.15) is 0 Å². The molecular formula is C25H36N2O4. The van der Waals surface area contributed by atoms with E-state index >= 15 is 0 Å². The summed E-state index contributed by atoms with van der Waals surface area (Å²) < 4.78 is 16.8. The van der Waals surface area contributed by atoms with Gasteiger partial charge < -0.3 is 24.8 Å². The van der Waals surface area contributed by atoms with E-state index in [9.17, 15) is 4.79 Å². The predicted molar refractivity (Wildman–Crippen MR) is 126 cm³/mol. The maximum Gasteiger partial charge on any atom is 0.243 e. The summed E-state index contributed by atoms with van der Waals surface area (Å²) >= 11 is 0. The van der Waals surface area contributed by atoms with Gasteiger partial charge in [-0.1, -0.05) is 50.8 Å². The molecule has 0 spiro atoms. The van der Waals surface area contributed by atoms with Crippen molar-refractivity contribution in [1.82, 2.24) is 0 Å². The second-order valence-corrected chi connectivity index (χ2v) is 7.23. The number of benzene rings is 2. The smallest absolute Gasteiger partial charge is 0.243 e. The first kappa shape index (κ1) is 24.5. The minimum absolute atomic E-state index is 0.133. The van der Waals surface area contributed by atoms with Crippen molar-refractivity contribution < 1.29 is 19.0 Å². The lowest BCUT2D eigenvalue weighted by atomic mass is 10.2. The van der Waals surface area contributed by atoms with E-state index in [1.54, 1.807) is 0 Å². The van der Waals surface area contributed by atoms with E-state index in [0.717, 1.165) is 23.5 Å². The maximum atomic E-state index is 12.4. The van der Waals surface area contributed by atoms with E-state index < -0.39 is 0 Å². The Bertz CT molecular complexity index is 767. The van der Waals surface area contributed by atoms with Crippen molar-refractivity contribution in [2.75, 3.05) is 43.6 Å². The molecular weight excluding hydrogens is 392 g/mol. The number of unbranched alkanes of at least 4 members (excludes halogenated alkanes) is 4. The molecule has 6 heteroatoms. The number of amides is 1. The Morgan fingerprint density at radius 2 is 1.71 bits per heavy atom. The lowest BCUT2D eigenvalue weighted by Crippen LogP contribution is -2.22. The van der Waals surface area contributed by atoms with E-state index in [2.05, 4.69) is 17.6 Å². The maximum absolute atomic E-state index is 12.4. The third-order valence-electron chi connectivity index (χ3n) is 4.65. The van der Waals surface area contributed by atoms with Gasteiger partial charge >= 0.3 is 0 Å². The highest BCUT2D eigenvalue weighted by Crippen LogP contribution is 2.23. The molecule has 0 aliphatic carbocycles.